The van der Waals surface area contributed by atoms with Gasteiger partial charge in [0, 0.05) is 18.9 Å². The summed E-state index contributed by atoms with van der Waals surface area (Å²) in [5, 5.41) is 0. The largest absolute Gasteiger partial charge is 0.465 e. The van der Waals surface area contributed by atoms with Gasteiger partial charge in [0.25, 0.3) is 0 Å². The summed E-state index contributed by atoms with van der Waals surface area (Å²) in [5.41, 5.74) is 2.60. The maximum atomic E-state index is 12.7. The lowest BCUT2D eigenvalue weighted by Gasteiger charge is -2.12. The van der Waals surface area contributed by atoms with Gasteiger partial charge in [-0.15, -0.1) is 0 Å². The fourth-order valence-electron chi connectivity index (χ4n) is 2.98. The lowest BCUT2D eigenvalue weighted by Crippen LogP contribution is -2.26. The number of nitrogens with zero attached hydrogens (tertiary/aromatic N) is 1. The number of nitrogens with one attached hydrogen (secondary N) is 1. The van der Waals surface area contributed by atoms with Crippen molar-refractivity contribution in [3.63, 3.8) is 0 Å². The molecule has 3 aromatic rings. The first-order chi connectivity index (χ1) is 14.8. The Balaban J connectivity index is 1.63. The van der Waals surface area contributed by atoms with E-state index >= 15 is 0 Å². The van der Waals surface area contributed by atoms with Crippen LogP contribution in [0.25, 0.3) is 0 Å². The Morgan fingerprint density at radius 3 is 2.29 bits per heavy atom. The molecule has 31 heavy (non-hydrogen) atoms. The molecule has 0 aliphatic carbocycles. The fraction of sp³-hybridized carbons (Fsp3) is 0.217. The average molecular weight is 441 g/mol. The van der Waals surface area contributed by atoms with Crippen LogP contribution in [0.1, 0.15) is 27.0 Å². The first-order valence-corrected chi connectivity index (χ1v) is 11.1. The summed E-state index contributed by atoms with van der Waals surface area (Å²) >= 11 is 0. The molecule has 0 spiro atoms. The van der Waals surface area contributed by atoms with Gasteiger partial charge in [0.2, 0.25) is 10.0 Å². The van der Waals surface area contributed by atoms with Crippen molar-refractivity contribution >= 4 is 16.0 Å². The van der Waals surface area contributed by atoms with Crippen molar-refractivity contribution in [2.75, 3.05) is 13.7 Å². The monoisotopic (exact) mass is 440 g/mol. The first-order valence-electron chi connectivity index (χ1n) is 9.66. The average Bonchev–Trinajstić information content (AvgIpc) is 2.76. The number of carbonyl (C=O) groups excluding carboxylic acids is 1. The molecule has 0 aliphatic rings. The molecule has 1 heterocycles. The highest BCUT2D eigenvalue weighted by molar-refractivity contribution is 7.89. The number of hydrogen-bond donors (Lipinski definition) is 1. The summed E-state index contributed by atoms with van der Waals surface area (Å²) in [4.78, 5) is 15.9. The molecule has 0 unspecified atom stereocenters. The highest BCUT2D eigenvalue weighted by Crippen LogP contribution is 2.22. The van der Waals surface area contributed by atoms with Crippen LogP contribution in [0, 0.1) is 13.8 Å². The van der Waals surface area contributed by atoms with Crippen LogP contribution in [-0.4, -0.2) is 33.0 Å². The molecule has 0 bridgehead atoms. The van der Waals surface area contributed by atoms with Crippen molar-refractivity contribution < 1.29 is 22.7 Å². The number of aromatic nitrogens is 1. The third-order valence-corrected chi connectivity index (χ3v) is 6.31. The van der Waals surface area contributed by atoms with E-state index in [1.807, 2.05) is 24.3 Å². The topological polar surface area (TPSA) is 94.6 Å². The van der Waals surface area contributed by atoms with E-state index in [1.165, 1.54) is 13.2 Å². The van der Waals surface area contributed by atoms with Crippen molar-refractivity contribution in [1.29, 1.82) is 0 Å². The van der Waals surface area contributed by atoms with E-state index in [9.17, 15) is 13.2 Å². The van der Waals surface area contributed by atoms with Crippen LogP contribution < -0.4 is 9.46 Å². The molecule has 0 amide bonds. The maximum Gasteiger partial charge on any atom is 0.338 e. The minimum absolute atomic E-state index is 0.0390. The third kappa shape index (κ3) is 5.68. The molecule has 0 atom stereocenters. The Bertz CT molecular complexity index is 1160. The first kappa shape index (κ1) is 22.5. The second-order valence-corrected chi connectivity index (χ2v) is 8.75. The summed E-state index contributed by atoms with van der Waals surface area (Å²) in [5.74, 6) is 0.808. The summed E-state index contributed by atoms with van der Waals surface area (Å²) in [6.45, 7) is 3.73. The second-order valence-electron chi connectivity index (χ2n) is 6.98. The smallest absolute Gasteiger partial charge is 0.338 e. The number of carbonyl (C=O) groups is 1. The highest BCUT2D eigenvalue weighted by atomic mass is 32.2. The zero-order chi connectivity index (χ0) is 22.4. The molecule has 0 radical (unpaired) electrons. The van der Waals surface area contributed by atoms with Crippen molar-refractivity contribution in [3.05, 3.63) is 83.2 Å². The van der Waals surface area contributed by atoms with E-state index in [1.54, 1.807) is 44.4 Å². The Morgan fingerprint density at radius 1 is 1.00 bits per heavy atom. The summed E-state index contributed by atoms with van der Waals surface area (Å²) in [6.07, 6.45) is 3.81. The van der Waals surface area contributed by atoms with Gasteiger partial charge < -0.3 is 9.47 Å². The van der Waals surface area contributed by atoms with Gasteiger partial charge in [0.1, 0.15) is 11.5 Å². The van der Waals surface area contributed by atoms with Crippen molar-refractivity contribution in [3.8, 4) is 11.5 Å². The molecule has 1 aromatic heterocycles. The molecular formula is C23H24N2O5S. The number of hydrogen-bond acceptors (Lipinski definition) is 6. The number of esters is 1. The molecule has 0 fully saturated rings. The molecule has 3 rings (SSSR count). The Labute approximate surface area is 182 Å². The van der Waals surface area contributed by atoms with Gasteiger partial charge in [-0.3, -0.25) is 4.98 Å². The number of rotatable bonds is 8. The van der Waals surface area contributed by atoms with Gasteiger partial charge in [0.05, 0.1) is 17.6 Å². The van der Waals surface area contributed by atoms with E-state index in [4.69, 9.17) is 9.47 Å². The van der Waals surface area contributed by atoms with E-state index in [2.05, 4.69) is 9.71 Å². The zero-order valence-electron chi connectivity index (χ0n) is 17.6. The standard InChI is InChI=1S/C23H24N2O5S/c1-16-14-21(15-22(17(16)2)23(26)29-3)31(27,28)25-13-8-18-4-6-19(7-5-18)30-20-9-11-24-12-10-20/h4-7,9-12,14-15,25H,8,13H2,1-3H3. The molecule has 1 N–H and O–H groups in total. The van der Waals surface area contributed by atoms with Gasteiger partial charge in [-0.05, 0) is 73.4 Å². The summed E-state index contributed by atoms with van der Waals surface area (Å²) in [7, 11) is -2.50. The fourth-order valence-corrected chi connectivity index (χ4v) is 4.13. The molecule has 8 heteroatoms. The van der Waals surface area contributed by atoms with Crippen LogP contribution >= 0.6 is 0 Å². The molecule has 7 nitrogen and oxygen atoms in total. The van der Waals surface area contributed by atoms with Gasteiger partial charge in [-0.2, -0.15) is 0 Å². The number of methoxy groups -OCH3 is 1. The van der Waals surface area contributed by atoms with E-state index in [0.29, 0.717) is 29.0 Å². The molecule has 0 saturated heterocycles. The molecule has 0 aliphatic heterocycles. The summed E-state index contributed by atoms with van der Waals surface area (Å²) < 4.78 is 38.5. The van der Waals surface area contributed by atoms with Crippen LogP contribution in [0.15, 0.2) is 65.8 Å². The lowest BCUT2D eigenvalue weighted by atomic mass is 10.0. The van der Waals surface area contributed by atoms with Crippen molar-refractivity contribution in [2.24, 2.45) is 0 Å². The predicted molar refractivity (Wildman–Crippen MR) is 117 cm³/mol. The second kappa shape index (κ2) is 9.72. The van der Waals surface area contributed by atoms with Crippen LogP contribution in [0.4, 0.5) is 0 Å². The Morgan fingerprint density at radius 2 is 1.65 bits per heavy atom. The maximum absolute atomic E-state index is 12.7. The van der Waals surface area contributed by atoms with Crippen LogP contribution in [-0.2, 0) is 21.2 Å². The van der Waals surface area contributed by atoms with Crippen LogP contribution in [0.3, 0.4) is 0 Å². The molecule has 2 aromatic carbocycles. The number of benzene rings is 2. The van der Waals surface area contributed by atoms with Gasteiger partial charge in [-0.25, -0.2) is 17.9 Å². The zero-order valence-corrected chi connectivity index (χ0v) is 18.4. The third-order valence-electron chi connectivity index (χ3n) is 4.87. The van der Waals surface area contributed by atoms with Crippen molar-refractivity contribution in [2.45, 2.75) is 25.2 Å². The van der Waals surface area contributed by atoms with Gasteiger partial charge in [-0.1, -0.05) is 12.1 Å². The number of aryl methyl sites for hydroxylation is 1. The minimum atomic E-state index is -3.77. The quantitative estimate of drug-likeness (QED) is 0.536. The van der Waals surface area contributed by atoms with E-state index in [-0.39, 0.29) is 17.0 Å². The van der Waals surface area contributed by atoms with Gasteiger partial charge in [0.15, 0.2) is 0 Å². The highest BCUT2D eigenvalue weighted by Gasteiger charge is 2.20. The lowest BCUT2D eigenvalue weighted by molar-refractivity contribution is 0.0599. The molecule has 0 saturated carbocycles. The number of sulfonamides is 1. The van der Waals surface area contributed by atoms with E-state index < -0.39 is 16.0 Å². The van der Waals surface area contributed by atoms with E-state index in [0.717, 1.165) is 5.56 Å². The SMILES string of the molecule is COC(=O)c1cc(S(=O)(=O)NCCc2ccc(Oc3ccncc3)cc2)cc(C)c1C. The minimum Gasteiger partial charge on any atom is -0.465 e. The molecule has 162 valence electrons. The van der Waals surface area contributed by atoms with Gasteiger partial charge >= 0.3 is 5.97 Å². The Hall–Kier alpha value is -3.23. The number of pyridine rings is 1. The number of ether oxygens (including phenoxy) is 2. The van der Waals surface area contributed by atoms with Crippen LogP contribution in [0.5, 0.6) is 11.5 Å². The predicted octanol–water partition coefficient (Wildman–Crippen LogP) is 3.80. The van der Waals surface area contributed by atoms with Crippen molar-refractivity contribution in [1.82, 2.24) is 9.71 Å². The molecular weight excluding hydrogens is 416 g/mol. The van der Waals surface area contributed by atoms with Crippen LogP contribution in [0.2, 0.25) is 0 Å². The Kier molecular flexibility index (Phi) is 7.04. The summed E-state index contributed by atoms with van der Waals surface area (Å²) in [6, 6.07) is 13.9. The normalized spacial score (nSPS) is 11.2.